The van der Waals surface area contributed by atoms with Gasteiger partial charge < -0.3 is 15.6 Å². The van der Waals surface area contributed by atoms with Crippen LogP contribution in [0.3, 0.4) is 0 Å². The van der Waals surface area contributed by atoms with Crippen LogP contribution in [0.2, 0.25) is 0 Å². The fourth-order valence-electron chi connectivity index (χ4n) is 1.37. The van der Waals surface area contributed by atoms with E-state index in [0.717, 1.165) is 0 Å². The van der Waals surface area contributed by atoms with Crippen LogP contribution in [0.25, 0.3) is 0 Å². The largest absolute Gasteiger partial charge is 0.359 e. The van der Waals surface area contributed by atoms with Gasteiger partial charge in [0.05, 0.1) is 11.0 Å². The molecule has 1 aromatic heterocycles. The summed E-state index contributed by atoms with van der Waals surface area (Å²) in [6, 6.07) is 2.71. The molecule has 2 amide bonds. The van der Waals surface area contributed by atoms with E-state index in [4.69, 9.17) is 0 Å². The molecule has 18 heavy (non-hydrogen) atoms. The van der Waals surface area contributed by atoms with Crippen LogP contribution in [0, 0.1) is 5.41 Å². The fourth-order valence-corrected chi connectivity index (χ4v) is 1.37. The lowest BCUT2D eigenvalue weighted by molar-refractivity contribution is -0.128. The van der Waals surface area contributed by atoms with Crippen molar-refractivity contribution in [2.24, 2.45) is 5.41 Å². The number of carbonyl (C=O) groups is 2. The van der Waals surface area contributed by atoms with Crippen molar-refractivity contribution in [2.75, 3.05) is 13.6 Å². The topological polar surface area (TPSA) is 91.1 Å². The van der Waals surface area contributed by atoms with E-state index in [-0.39, 0.29) is 23.9 Å². The molecule has 1 heterocycles. The number of carbonyl (C=O) groups excluding carboxylic acids is 2. The lowest BCUT2D eigenvalue weighted by Crippen LogP contribution is -2.43. The van der Waals surface area contributed by atoms with Gasteiger partial charge in [0.2, 0.25) is 11.5 Å². The predicted molar refractivity (Wildman–Crippen MR) is 67.2 cm³/mol. The Morgan fingerprint density at radius 1 is 1.33 bits per heavy atom. The normalized spacial score (nSPS) is 10.8. The van der Waals surface area contributed by atoms with E-state index in [0.29, 0.717) is 5.56 Å². The van der Waals surface area contributed by atoms with Crippen LogP contribution in [-0.2, 0) is 4.79 Å². The number of aromatic amines is 1. The molecule has 1 aromatic rings. The number of aromatic nitrogens is 1. The second kappa shape index (κ2) is 5.48. The number of pyridine rings is 1. The van der Waals surface area contributed by atoms with Gasteiger partial charge in [-0.25, -0.2) is 0 Å². The monoisotopic (exact) mass is 251 g/mol. The lowest BCUT2D eigenvalue weighted by atomic mass is 9.92. The summed E-state index contributed by atoms with van der Waals surface area (Å²) >= 11 is 0. The third kappa shape index (κ3) is 3.44. The molecule has 1 rings (SSSR count). The van der Waals surface area contributed by atoms with Crippen LogP contribution in [-0.4, -0.2) is 30.4 Å². The summed E-state index contributed by atoms with van der Waals surface area (Å²) < 4.78 is 0. The first kappa shape index (κ1) is 14.0. The molecular weight excluding hydrogens is 234 g/mol. The Bertz CT molecular complexity index is 485. The molecule has 0 aromatic carbocycles. The minimum Gasteiger partial charge on any atom is -0.359 e. The van der Waals surface area contributed by atoms with Gasteiger partial charge in [0.15, 0.2) is 0 Å². The van der Waals surface area contributed by atoms with E-state index in [1.807, 2.05) is 0 Å². The van der Waals surface area contributed by atoms with Crippen molar-refractivity contribution in [3.63, 3.8) is 0 Å². The maximum atomic E-state index is 11.7. The molecular formula is C12H17N3O3. The van der Waals surface area contributed by atoms with Crippen molar-refractivity contribution < 1.29 is 9.59 Å². The Balaban J connectivity index is 2.64. The maximum absolute atomic E-state index is 11.7. The summed E-state index contributed by atoms with van der Waals surface area (Å²) in [5.74, 6) is -0.479. The molecule has 3 N–H and O–H groups in total. The molecule has 0 saturated carbocycles. The highest BCUT2D eigenvalue weighted by atomic mass is 16.2. The highest BCUT2D eigenvalue weighted by Gasteiger charge is 2.27. The van der Waals surface area contributed by atoms with Crippen LogP contribution in [0.1, 0.15) is 24.2 Å². The number of H-pyrrole nitrogens is 1. The zero-order valence-corrected chi connectivity index (χ0v) is 10.7. The molecule has 0 aliphatic heterocycles. The first-order valence-electron chi connectivity index (χ1n) is 5.56. The number of nitrogens with one attached hydrogen (secondary N) is 3. The van der Waals surface area contributed by atoms with Crippen molar-refractivity contribution in [3.05, 3.63) is 34.2 Å². The molecule has 98 valence electrons. The van der Waals surface area contributed by atoms with Crippen LogP contribution in [0.4, 0.5) is 0 Å². The number of rotatable bonds is 4. The zero-order valence-electron chi connectivity index (χ0n) is 10.7. The Kier molecular flexibility index (Phi) is 4.25. The maximum Gasteiger partial charge on any atom is 0.252 e. The van der Waals surface area contributed by atoms with Crippen molar-refractivity contribution in [3.8, 4) is 0 Å². The summed E-state index contributed by atoms with van der Waals surface area (Å²) in [6.45, 7) is 3.68. The predicted octanol–water partition coefficient (Wildman–Crippen LogP) is -0.123. The Morgan fingerprint density at radius 2 is 2.00 bits per heavy atom. The molecule has 0 radical (unpaired) electrons. The summed E-state index contributed by atoms with van der Waals surface area (Å²) in [7, 11) is 1.55. The fraction of sp³-hybridized carbons (Fsp3) is 0.417. The summed E-state index contributed by atoms with van der Waals surface area (Å²) in [5.41, 5.74) is -0.605. The van der Waals surface area contributed by atoms with Gasteiger partial charge in [-0.2, -0.15) is 0 Å². The SMILES string of the molecule is CNC(=O)C(C)(C)CNC(=O)c1ccc(=O)[nH]c1. The van der Waals surface area contributed by atoms with Gasteiger partial charge in [0.1, 0.15) is 0 Å². The van der Waals surface area contributed by atoms with Crippen molar-refractivity contribution in [1.82, 2.24) is 15.6 Å². The van der Waals surface area contributed by atoms with Gasteiger partial charge in [-0.15, -0.1) is 0 Å². The molecule has 0 spiro atoms. The Labute approximate surface area is 105 Å². The third-order valence-electron chi connectivity index (χ3n) is 2.58. The van der Waals surface area contributed by atoms with Gasteiger partial charge in [0.25, 0.3) is 5.91 Å². The molecule has 0 unspecified atom stereocenters. The summed E-state index contributed by atoms with van der Waals surface area (Å²) in [6.07, 6.45) is 1.34. The van der Waals surface area contributed by atoms with E-state index >= 15 is 0 Å². The molecule has 0 fully saturated rings. The van der Waals surface area contributed by atoms with E-state index in [1.54, 1.807) is 20.9 Å². The minimum absolute atomic E-state index is 0.149. The zero-order chi connectivity index (χ0) is 13.8. The average molecular weight is 251 g/mol. The van der Waals surface area contributed by atoms with Crippen molar-refractivity contribution >= 4 is 11.8 Å². The summed E-state index contributed by atoms with van der Waals surface area (Å²) in [5, 5.41) is 5.19. The molecule has 0 aliphatic rings. The smallest absolute Gasteiger partial charge is 0.252 e. The van der Waals surface area contributed by atoms with Crippen LogP contribution >= 0.6 is 0 Å². The molecule has 0 bridgehead atoms. The second-order valence-corrected chi connectivity index (χ2v) is 4.59. The van der Waals surface area contributed by atoms with Gasteiger partial charge in [-0.3, -0.25) is 14.4 Å². The van der Waals surface area contributed by atoms with Crippen LogP contribution < -0.4 is 16.2 Å². The highest BCUT2D eigenvalue weighted by molar-refractivity contribution is 5.94. The molecule has 6 heteroatoms. The van der Waals surface area contributed by atoms with Gasteiger partial charge in [-0.05, 0) is 19.9 Å². The van der Waals surface area contributed by atoms with E-state index < -0.39 is 5.41 Å². The Morgan fingerprint density at radius 3 is 2.50 bits per heavy atom. The minimum atomic E-state index is -0.688. The van der Waals surface area contributed by atoms with E-state index in [2.05, 4.69) is 15.6 Å². The number of hydrogen-bond donors (Lipinski definition) is 3. The number of amides is 2. The van der Waals surface area contributed by atoms with Gasteiger partial charge in [0, 0.05) is 25.9 Å². The molecule has 6 nitrogen and oxygen atoms in total. The molecule has 0 atom stereocenters. The van der Waals surface area contributed by atoms with E-state index in [9.17, 15) is 14.4 Å². The number of hydrogen-bond acceptors (Lipinski definition) is 3. The second-order valence-electron chi connectivity index (χ2n) is 4.59. The van der Waals surface area contributed by atoms with E-state index in [1.165, 1.54) is 18.3 Å². The quantitative estimate of drug-likeness (QED) is 0.696. The first-order valence-corrected chi connectivity index (χ1v) is 5.56. The Hall–Kier alpha value is -2.11. The highest BCUT2D eigenvalue weighted by Crippen LogP contribution is 2.13. The van der Waals surface area contributed by atoms with Gasteiger partial charge in [-0.1, -0.05) is 0 Å². The standard InChI is InChI=1S/C12H17N3O3/c1-12(2,11(18)13-3)7-15-10(17)8-4-5-9(16)14-6-8/h4-6H,7H2,1-3H3,(H,13,18)(H,14,16)(H,15,17). The first-order chi connectivity index (χ1) is 8.36. The van der Waals surface area contributed by atoms with Crippen molar-refractivity contribution in [1.29, 1.82) is 0 Å². The summed E-state index contributed by atoms with van der Waals surface area (Å²) in [4.78, 5) is 36.5. The average Bonchev–Trinajstić information content (AvgIpc) is 2.35. The molecule has 0 aliphatic carbocycles. The molecule has 0 saturated heterocycles. The van der Waals surface area contributed by atoms with Crippen molar-refractivity contribution in [2.45, 2.75) is 13.8 Å². The third-order valence-corrected chi connectivity index (χ3v) is 2.58. The van der Waals surface area contributed by atoms with Crippen LogP contribution in [0.5, 0.6) is 0 Å². The lowest BCUT2D eigenvalue weighted by Gasteiger charge is -2.22. The van der Waals surface area contributed by atoms with Gasteiger partial charge >= 0.3 is 0 Å². The van der Waals surface area contributed by atoms with Crippen LogP contribution in [0.15, 0.2) is 23.1 Å².